The summed E-state index contributed by atoms with van der Waals surface area (Å²) in [6.07, 6.45) is 0.911. The number of carbonyl (C=O) groups is 1. The highest BCUT2D eigenvalue weighted by Gasteiger charge is 2.28. The van der Waals surface area contributed by atoms with Crippen molar-refractivity contribution in [3.05, 3.63) is 0 Å². The number of hydrogen-bond acceptors (Lipinski definition) is 2. The van der Waals surface area contributed by atoms with Crippen molar-refractivity contribution >= 4 is 29.1 Å². The zero-order valence-electron chi connectivity index (χ0n) is 8.94. The molecule has 3 nitrogen and oxygen atoms in total. The number of hydrogen-bond donors (Lipinski definition) is 1. The number of amides is 1. The fourth-order valence-electron chi connectivity index (χ4n) is 0.842. The van der Waals surface area contributed by atoms with Gasteiger partial charge in [0.25, 0.3) is 0 Å². The summed E-state index contributed by atoms with van der Waals surface area (Å²) in [4.78, 5) is 12.5. The molecule has 0 spiro atoms. The molecule has 0 aliphatic heterocycles. The molecule has 1 amide bonds. The van der Waals surface area contributed by atoms with E-state index in [1.807, 2.05) is 14.1 Å². The van der Waals surface area contributed by atoms with E-state index >= 15 is 0 Å². The van der Waals surface area contributed by atoms with E-state index in [-0.39, 0.29) is 11.8 Å². The van der Waals surface area contributed by atoms with E-state index in [0.29, 0.717) is 6.54 Å². The summed E-state index contributed by atoms with van der Waals surface area (Å²) in [7, 11) is 3.98. The minimum atomic E-state index is -0.986. The second-order valence-corrected chi connectivity index (χ2v) is 4.85. The molecule has 1 atom stereocenters. The Kier molecular flexibility index (Phi) is 6.49. The third kappa shape index (κ3) is 5.68. The van der Waals surface area contributed by atoms with Gasteiger partial charge in [-0.25, -0.2) is 0 Å². The molecule has 1 N–H and O–H groups in total. The highest BCUT2D eigenvalue weighted by molar-refractivity contribution is 6.39. The summed E-state index contributed by atoms with van der Waals surface area (Å²) in [6.45, 7) is 3.19. The molecule has 0 radical (unpaired) electrons. The summed E-state index contributed by atoms with van der Waals surface area (Å²) in [5.74, 6) is -0.0819. The summed E-state index contributed by atoms with van der Waals surface area (Å²) >= 11 is 11.4. The second-order valence-electron chi connectivity index (χ2n) is 3.74. The zero-order chi connectivity index (χ0) is 11.2. The van der Waals surface area contributed by atoms with Crippen molar-refractivity contribution in [3.8, 4) is 0 Å². The molecule has 0 heterocycles. The average Bonchev–Trinajstić information content (AvgIpc) is 2.11. The molecular weight excluding hydrogens is 223 g/mol. The minimum Gasteiger partial charge on any atom is -0.354 e. The lowest BCUT2D eigenvalue weighted by atomic mass is 10.2. The Morgan fingerprint density at radius 2 is 2.07 bits per heavy atom. The fourth-order valence-corrected chi connectivity index (χ4v) is 1.03. The van der Waals surface area contributed by atoms with Gasteiger partial charge in [0.15, 0.2) is 0 Å². The third-order valence-corrected chi connectivity index (χ3v) is 2.77. The van der Waals surface area contributed by atoms with E-state index in [1.54, 1.807) is 6.92 Å². The molecular formula is C9H18Cl2N2O. The summed E-state index contributed by atoms with van der Waals surface area (Å²) in [6, 6.07) is 0. The first kappa shape index (κ1) is 14.0. The lowest BCUT2D eigenvalue weighted by Gasteiger charge is -2.18. The van der Waals surface area contributed by atoms with Crippen LogP contribution in [0, 0.1) is 0 Å². The number of carbonyl (C=O) groups excluding carboxylic acids is 1. The van der Waals surface area contributed by atoms with Gasteiger partial charge in [-0.2, -0.15) is 0 Å². The van der Waals surface area contributed by atoms with Crippen molar-refractivity contribution in [1.82, 2.24) is 10.2 Å². The van der Waals surface area contributed by atoms with Crippen LogP contribution in [0.2, 0.25) is 0 Å². The van der Waals surface area contributed by atoms with Gasteiger partial charge >= 0.3 is 0 Å². The fraction of sp³-hybridized carbons (Fsp3) is 0.889. The van der Waals surface area contributed by atoms with Crippen LogP contribution in [-0.4, -0.2) is 48.7 Å². The third-order valence-electron chi connectivity index (χ3n) is 1.79. The van der Waals surface area contributed by atoms with E-state index in [2.05, 4.69) is 10.2 Å². The van der Waals surface area contributed by atoms with Crippen LogP contribution in [-0.2, 0) is 4.79 Å². The molecule has 0 bridgehead atoms. The highest BCUT2D eigenvalue weighted by Crippen LogP contribution is 2.15. The monoisotopic (exact) mass is 240 g/mol. The lowest BCUT2D eigenvalue weighted by molar-refractivity contribution is -0.122. The van der Waals surface area contributed by atoms with Gasteiger partial charge in [-0.15, -0.1) is 23.2 Å². The van der Waals surface area contributed by atoms with Crippen LogP contribution in [0.4, 0.5) is 0 Å². The van der Waals surface area contributed by atoms with Gasteiger partial charge in [-0.1, -0.05) is 0 Å². The number of nitrogens with zero attached hydrogens (tertiary/aromatic N) is 1. The predicted molar refractivity (Wildman–Crippen MR) is 61.2 cm³/mol. The molecule has 0 saturated carbocycles. The van der Waals surface area contributed by atoms with Crippen LogP contribution >= 0.6 is 23.2 Å². The summed E-state index contributed by atoms with van der Waals surface area (Å²) in [5.41, 5.74) is 0. The van der Waals surface area contributed by atoms with E-state index in [4.69, 9.17) is 23.2 Å². The topological polar surface area (TPSA) is 32.3 Å². The van der Waals surface area contributed by atoms with Gasteiger partial charge in [-0.3, -0.25) is 4.79 Å². The standard InChI is InChI=1S/C9H18Cl2N2O/c1-9(11,7-10)8(14)12-5-4-6-13(2)3/h4-7H2,1-3H3,(H,12,14). The molecule has 0 aromatic carbocycles. The molecule has 84 valence electrons. The smallest absolute Gasteiger partial charge is 0.242 e. The largest absolute Gasteiger partial charge is 0.354 e. The van der Waals surface area contributed by atoms with Gasteiger partial charge < -0.3 is 10.2 Å². The van der Waals surface area contributed by atoms with Crippen molar-refractivity contribution in [3.63, 3.8) is 0 Å². The molecule has 0 fully saturated rings. The van der Waals surface area contributed by atoms with Crippen LogP contribution < -0.4 is 5.32 Å². The first-order valence-electron chi connectivity index (χ1n) is 4.58. The molecule has 0 aromatic heterocycles. The molecule has 1 unspecified atom stereocenters. The van der Waals surface area contributed by atoms with Crippen molar-refractivity contribution in [2.45, 2.75) is 18.2 Å². The maximum Gasteiger partial charge on any atom is 0.242 e. The second kappa shape index (κ2) is 6.49. The Labute approximate surface area is 95.7 Å². The molecule has 0 rings (SSSR count). The number of halogens is 2. The summed E-state index contributed by atoms with van der Waals surface area (Å²) in [5, 5.41) is 2.75. The molecule has 0 aliphatic carbocycles. The highest BCUT2D eigenvalue weighted by atomic mass is 35.5. The Balaban J connectivity index is 3.64. The molecule has 5 heteroatoms. The van der Waals surface area contributed by atoms with E-state index in [9.17, 15) is 4.79 Å². The lowest BCUT2D eigenvalue weighted by Crippen LogP contribution is -2.42. The van der Waals surface area contributed by atoms with E-state index < -0.39 is 4.87 Å². The molecule has 14 heavy (non-hydrogen) atoms. The minimum absolute atomic E-state index is 0.119. The number of rotatable bonds is 6. The van der Waals surface area contributed by atoms with Gasteiger partial charge in [0, 0.05) is 6.54 Å². The van der Waals surface area contributed by atoms with Crippen molar-refractivity contribution in [2.24, 2.45) is 0 Å². The van der Waals surface area contributed by atoms with Crippen LogP contribution in [0.25, 0.3) is 0 Å². The zero-order valence-corrected chi connectivity index (χ0v) is 10.5. The maximum atomic E-state index is 11.4. The van der Waals surface area contributed by atoms with Crippen molar-refractivity contribution in [2.75, 3.05) is 33.1 Å². The average molecular weight is 241 g/mol. The van der Waals surface area contributed by atoms with E-state index in [1.165, 1.54) is 0 Å². The molecule has 0 aromatic rings. The van der Waals surface area contributed by atoms with Crippen LogP contribution in [0.1, 0.15) is 13.3 Å². The number of alkyl halides is 2. The van der Waals surface area contributed by atoms with Crippen molar-refractivity contribution < 1.29 is 4.79 Å². The van der Waals surface area contributed by atoms with Gasteiger partial charge in [0.2, 0.25) is 5.91 Å². The van der Waals surface area contributed by atoms with Gasteiger partial charge in [0.1, 0.15) is 4.87 Å². The van der Waals surface area contributed by atoms with E-state index in [0.717, 1.165) is 13.0 Å². The Morgan fingerprint density at radius 1 is 1.50 bits per heavy atom. The first-order chi connectivity index (χ1) is 6.40. The quantitative estimate of drug-likeness (QED) is 0.561. The SMILES string of the molecule is CN(C)CCCNC(=O)C(C)(Cl)CCl. The van der Waals surface area contributed by atoms with Gasteiger partial charge in [0.05, 0.1) is 5.88 Å². The normalized spacial score (nSPS) is 15.3. The van der Waals surface area contributed by atoms with Crippen LogP contribution in [0.15, 0.2) is 0 Å². The predicted octanol–water partition coefficient (Wildman–Crippen LogP) is 1.29. The molecule has 0 aliphatic rings. The summed E-state index contributed by atoms with van der Waals surface area (Å²) < 4.78 is 0. The van der Waals surface area contributed by atoms with Crippen molar-refractivity contribution in [1.29, 1.82) is 0 Å². The first-order valence-corrected chi connectivity index (χ1v) is 5.49. The van der Waals surface area contributed by atoms with Gasteiger partial charge in [-0.05, 0) is 34.0 Å². The maximum absolute atomic E-state index is 11.4. The van der Waals surface area contributed by atoms with Crippen LogP contribution in [0.5, 0.6) is 0 Å². The molecule has 0 saturated heterocycles. The Morgan fingerprint density at radius 3 is 2.50 bits per heavy atom. The Hall–Kier alpha value is 0.01000. The Bertz CT molecular complexity index is 184. The van der Waals surface area contributed by atoms with Crippen LogP contribution in [0.3, 0.4) is 0 Å². The number of nitrogens with one attached hydrogen (secondary N) is 1.